The quantitative estimate of drug-likeness (QED) is 0.417. The third-order valence-corrected chi connectivity index (χ3v) is 4.47. The molecule has 0 saturated carbocycles. The first-order valence-corrected chi connectivity index (χ1v) is 9.29. The Hall–Kier alpha value is -3.05. The Morgan fingerprint density at radius 2 is 1.28 bits per heavy atom. The Labute approximate surface area is 171 Å². The van der Waals surface area contributed by atoms with E-state index in [0.717, 1.165) is 17.2 Å². The van der Waals surface area contributed by atoms with Gasteiger partial charge in [-0.2, -0.15) is 0 Å². The first-order chi connectivity index (χ1) is 13.4. The molecule has 152 valence electrons. The summed E-state index contributed by atoms with van der Waals surface area (Å²) in [5.74, 6) is -1.27. The minimum atomic E-state index is -1.41. The van der Waals surface area contributed by atoms with E-state index in [2.05, 4.69) is 6.58 Å². The van der Waals surface area contributed by atoms with Gasteiger partial charge in [-0.3, -0.25) is 9.59 Å². The van der Waals surface area contributed by atoms with Crippen molar-refractivity contribution in [1.29, 1.82) is 0 Å². The summed E-state index contributed by atoms with van der Waals surface area (Å²) in [6.07, 6.45) is 1.65. The van der Waals surface area contributed by atoms with E-state index in [4.69, 9.17) is 4.74 Å². The number of hydrogen-bond donors (Lipinski definition) is 1. The van der Waals surface area contributed by atoms with Crippen LogP contribution in [0.1, 0.15) is 59.5 Å². The van der Waals surface area contributed by atoms with Crippen molar-refractivity contribution in [2.45, 2.75) is 45.3 Å². The van der Waals surface area contributed by atoms with E-state index in [1.807, 2.05) is 24.3 Å². The summed E-state index contributed by atoms with van der Waals surface area (Å²) in [7, 11) is 0. The summed E-state index contributed by atoms with van der Waals surface area (Å²) in [5, 5.41) is 9.82. The lowest BCUT2D eigenvalue weighted by molar-refractivity contribution is -0.146. The maximum atomic E-state index is 12.6. The Morgan fingerprint density at radius 3 is 1.66 bits per heavy atom. The largest absolute Gasteiger partial charge is 0.448 e. The molecule has 0 bridgehead atoms. The number of carbonyl (C=O) groups is 3. The molecule has 2 rings (SSSR count). The molecule has 0 aromatic heterocycles. The van der Waals surface area contributed by atoms with Gasteiger partial charge in [0.1, 0.15) is 5.60 Å². The number of ether oxygens (including phenoxy) is 1. The fourth-order valence-corrected chi connectivity index (χ4v) is 2.82. The number of hydrogen-bond acceptors (Lipinski definition) is 5. The van der Waals surface area contributed by atoms with E-state index in [9.17, 15) is 19.5 Å². The maximum Gasteiger partial charge on any atom is 0.331 e. The lowest BCUT2D eigenvalue weighted by Crippen LogP contribution is -2.36. The predicted molar refractivity (Wildman–Crippen MR) is 111 cm³/mol. The minimum absolute atomic E-state index is 0.297. The first kappa shape index (κ1) is 22.2. The number of aliphatic hydroxyl groups is 1. The van der Waals surface area contributed by atoms with E-state index in [1.165, 1.54) is 13.8 Å². The monoisotopic (exact) mass is 394 g/mol. The van der Waals surface area contributed by atoms with Gasteiger partial charge in [-0.25, -0.2) is 4.79 Å². The number of rotatable bonds is 8. The zero-order valence-electron chi connectivity index (χ0n) is 17.2. The average molecular weight is 394 g/mol. The van der Waals surface area contributed by atoms with Crippen LogP contribution in [0, 0.1) is 0 Å². The number of esters is 1. The van der Waals surface area contributed by atoms with Crippen molar-refractivity contribution in [2.75, 3.05) is 0 Å². The Bertz CT molecular complexity index is 913. The van der Waals surface area contributed by atoms with Gasteiger partial charge in [0.05, 0.1) is 0 Å². The first-order valence-electron chi connectivity index (χ1n) is 9.29. The van der Waals surface area contributed by atoms with Crippen molar-refractivity contribution < 1.29 is 24.2 Å². The standard InChI is InChI=1S/C24H26O5/c1-6-20(25)29-24(4,5)22(27)19-13-9-17(10-14-19)15-16-7-11-18(12-8-16)21(26)23(2,3)28/h6-14,28H,1,15H2,2-5H3. The molecule has 0 saturated heterocycles. The zero-order chi connectivity index (χ0) is 21.8. The fraction of sp³-hybridized carbons (Fsp3) is 0.292. The molecule has 0 unspecified atom stereocenters. The summed E-state index contributed by atoms with van der Waals surface area (Å²) in [4.78, 5) is 36.1. The highest BCUT2D eigenvalue weighted by Crippen LogP contribution is 2.20. The van der Waals surface area contributed by atoms with Crippen molar-refractivity contribution in [1.82, 2.24) is 0 Å². The molecule has 0 heterocycles. The van der Waals surface area contributed by atoms with Crippen LogP contribution < -0.4 is 0 Å². The van der Waals surface area contributed by atoms with Crippen LogP contribution in [0.4, 0.5) is 0 Å². The topological polar surface area (TPSA) is 80.7 Å². The fourth-order valence-electron chi connectivity index (χ4n) is 2.82. The number of Topliss-reactive ketones (excluding diaryl/α,β-unsaturated/α-hetero) is 2. The van der Waals surface area contributed by atoms with Crippen LogP contribution in [0.15, 0.2) is 61.2 Å². The van der Waals surface area contributed by atoms with Crippen LogP contribution in [-0.4, -0.2) is 33.8 Å². The Kier molecular flexibility index (Phi) is 6.55. The highest BCUT2D eigenvalue weighted by atomic mass is 16.6. The van der Waals surface area contributed by atoms with E-state index in [1.54, 1.807) is 38.1 Å². The molecule has 0 aliphatic rings. The molecule has 0 aliphatic carbocycles. The van der Waals surface area contributed by atoms with Crippen molar-refractivity contribution >= 4 is 17.5 Å². The minimum Gasteiger partial charge on any atom is -0.448 e. The summed E-state index contributed by atoms with van der Waals surface area (Å²) >= 11 is 0. The van der Waals surface area contributed by atoms with Gasteiger partial charge in [-0.05, 0) is 45.2 Å². The van der Waals surface area contributed by atoms with Gasteiger partial charge >= 0.3 is 5.97 Å². The molecule has 1 N–H and O–H groups in total. The molecule has 0 atom stereocenters. The molecule has 0 aliphatic heterocycles. The second-order valence-corrected chi connectivity index (χ2v) is 7.92. The summed E-state index contributed by atoms with van der Waals surface area (Å²) < 4.78 is 5.13. The number of carbonyl (C=O) groups excluding carboxylic acids is 3. The summed E-state index contributed by atoms with van der Waals surface area (Å²) in [6, 6.07) is 14.2. The smallest absolute Gasteiger partial charge is 0.331 e. The molecule has 5 nitrogen and oxygen atoms in total. The van der Waals surface area contributed by atoms with Gasteiger partial charge in [0.25, 0.3) is 0 Å². The van der Waals surface area contributed by atoms with Crippen molar-refractivity contribution in [3.05, 3.63) is 83.4 Å². The second-order valence-electron chi connectivity index (χ2n) is 7.92. The molecule has 2 aromatic carbocycles. The Balaban J connectivity index is 2.09. The maximum absolute atomic E-state index is 12.6. The van der Waals surface area contributed by atoms with E-state index < -0.39 is 17.2 Å². The third-order valence-electron chi connectivity index (χ3n) is 4.47. The normalized spacial score (nSPS) is 11.6. The second kappa shape index (κ2) is 8.53. The van der Waals surface area contributed by atoms with Crippen LogP contribution in [0.25, 0.3) is 0 Å². The lowest BCUT2D eigenvalue weighted by Gasteiger charge is -2.23. The summed E-state index contributed by atoms with van der Waals surface area (Å²) in [5.41, 5.74) is 0.202. The van der Waals surface area contributed by atoms with Gasteiger partial charge < -0.3 is 9.84 Å². The van der Waals surface area contributed by atoms with Gasteiger partial charge in [0.15, 0.2) is 11.4 Å². The molecule has 29 heavy (non-hydrogen) atoms. The molecule has 0 fully saturated rings. The van der Waals surface area contributed by atoms with Crippen molar-refractivity contribution in [3.63, 3.8) is 0 Å². The van der Waals surface area contributed by atoms with Crippen LogP contribution >= 0.6 is 0 Å². The van der Waals surface area contributed by atoms with Crippen molar-refractivity contribution in [2.24, 2.45) is 0 Å². The van der Waals surface area contributed by atoms with Gasteiger partial charge in [0.2, 0.25) is 5.78 Å². The molecular weight excluding hydrogens is 368 g/mol. The van der Waals surface area contributed by atoms with E-state index in [-0.39, 0.29) is 11.6 Å². The number of benzene rings is 2. The van der Waals surface area contributed by atoms with Crippen LogP contribution in [0.3, 0.4) is 0 Å². The highest BCUT2D eigenvalue weighted by Gasteiger charge is 2.32. The van der Waals surface area contributed by atoms with Gasteiger partial charge in [0, 0.05) is 17.2 Å². The highest BCUT2D eigenvalue weighted by molar-refractivity contribution is 6.03. The molecule has 0 radical (unpaired) electrons. The van der Waals surface area contributed by atoms with Crippen LogP contribution in [-0.2, 0) is 16.0 Å². The lowest BCUT2D eigenvalue weighted by atomic mass is 9.93. The molecule has 2 aromatic rings. The molecule has 5 heteroatoms. The van der Waals surface area contributed by atoms with E-state index >= 15 is 0 Å². The van der Waals surface area contributed by atoms with Gasteiger partial charge in [-0.1, -0.05) is 55.1 Å². The van der Waals surface area contributed by atoms with Gasteiger partial charge in [-0.15, -0.1) is 0 Å². The van der Waals surface area contributed by atoms with Crippen LogP contribution in [0.5, 0.6) is 0 Å². The van der Waals surface area contributed by atoms with Crippen LogP contribution in [0.2, 0.25) is 0 Å². The number of ketones is 2. The predicted octanol–water partition coefficient (Wildman–Crippen LogP) is 3.92. The molecule has 0 spiro atoms. The Morgan fingerprint density at radius 1 is 0.862 bits per heavy atom. The molecule has 0 amide bonds. The van der Waals surface area contributed by atoms with Crippen molar-refractivity contribution in [3.8, 4) is 0 Å². The average Bonchev–Trinajstić information content (AvgIpc) is 2.67. The van der Waals surface area contributed by atoms with E-state index in [0.29, 0.717) is 17.5 Å². The summed E-state index contributed by atoms with van der Waals surface area (Å²) in [6.45, 7) is 9.35. The molecular formula is C24H26O5. The third kappa shape index (κ3) is 5.72. The zero-order valence-corrected chi connectivity index (χ0v) is 17.2. The SMILES string of the molecule is C=CC(=O)OC(C)(C)C(=O)c1ccc(Cc2ccc(C(=O)C(C)(C)O)cc2)cc1.